The van der Waals surface area contributed by atoms with Gasteiger partial charge in [0.25, 0.3) is 0 Å². The van der Waals surface area contributed by atoms with E-state index < -0.39 is 5.97 Å². The number of rotatable bonds is 6. The number of carboxylic acid groups (broad SMARTS) is 1. The van der Waals surface area contributed by atoms with Gasteiger partial charge in [0.15, 0.2) is 0 Å². The predicted octanol–water partition coefficient (Wildman–Crippen LogP) is 5.24. The van der Waals surface area contributed by atoms with E-state index in [0.717, 1.165) is 31.2 Å². The van der Waals surface area contributed by atoms with Gasteiger partial charge in [-0.25, -0.2) is 9.78 Å². The van der Waals surface area contributed by atoms with Gasteiger partial charge in [0.05, 0.1) is 27.3 Å². The molecule has 0 unspecified atom stereocenters. The van der Waals surface area contributed by atoms with Crippen molar-refractivity contribution in [1.29, 1.82) is 0 Å². The van der Waals surface area contributed by atoms with Gasteiger partial charge in [-0.1, -0.05) is 43.9 Å². The minimum Gasteiger partial charge on any atom is -0.478 e. The standard InChI is InChI=1S/C23H25ClN4O3/c1-23(9-3-2-4-10-23)21(31)25-13-14-5-7-16(24)18(11-14)27-22-26-17-8-6-15(20(29)30)12-19(17)28-22/h5-8,11-12H,2-4,9-10,13H2,1H3,(H,25,31)(H,29,30)(H2,26,27,28). The lowest BCUT2D eigenvalue weighted by atomic mass is 9.75. The number of imidazole rings is 1. The maximum atomic E-state index is 12.7. The molecule has 0 radical (unpaired) electrons. The quantitative estimate of drug-likeness (QED) is 0.419. The van der Waals surface area contributed by atoms with Crippen LogP contribution in [0.15, 0.2) is 36.4 Å². The summed E-state index contributed by atoms with van der Waals surface area (Å²) < 4.78 is 0. The maximum absolute atomic E-state index is 12.7. The summed E-state index contributed by atoms with van der Waals surface area (Å²) in [6, 6.07) is 10.3. The predicted molar refractivity (Wildman–Crippen MR) is 121 cm³/mol. The zero-order valence-corrected chi connectivity index (χ0v) is 18.1. The molecule has 31 heavy (non-hydrogen) atoms. The molecule has 7 nitrogen and oxygen atoms in total. The minimum atomic E-state index is -1.00. The van der Waals surface area contributed by atoms with Crippen LogP contribution in [0.5, 0.6) is 0 Å². The third-order valence-electron chi connectivity index (χ3n) is 5.97. The van der Waals surface area contributed by atoms with Crippen LogP contribution in [-0.2, 0) is 11.3 Å². The molecule has 1 amide bonds. The summed E-state index contributed by atoms with van der Waals surface area (Å²) in [4.78, 5) is 31.4. The van der Waals surface area contributed by atoms with Crippen molar-refractivity contribution in [3.8, 4) is 0 Å². The lowest BCUT2D eigenvalue weighted by Crippen LogP contribution is -2.39. The van der Waals surface area contributed by atoms with E-state index in [-0.39, 0.29) is 16.9 Å². The van der Waals surface area contributed by atoms with Gasteiger partial charge >= 0.3 is 5.97 Å². The Morgan fingerprint density at radius 2 is 1.94 bits per heavy atom. The monoisotopic (exact) mass is 440 g/mol. The number of nitrogens with zero attached hydrogens (tertiary/aromatic N) is 1. The Hall–Kier alpha value is -3.06. The number of aromatic carboxylic acids is 1. The van der Waals surface area contributed by atoms with Crippen LogP contribution in [0.1, 0.15) is 54.9 Å². The van der Waals surface area contributed by atoms with Crippen LogP contribution in [0, 0.1) is 5.41 Å². The van der Waals surface area contributed by atoms with Gasteiger partial charge in [-0.3, -0.25) is 4.79 Å². The molecule has 2 aromatic carbocycles. The number of fused-ring (bicyclic) bond motifs is 1. The number of hydrogen-bond donors (Lipinski definition) is 4. The Bertz CT molecular complexity index is 1140. The van der Waals surface area contributed by atoms with E-state index in [1.807, 2.05) is 19.1 Å². The number of carbonyl (C=O) groups excluding carboxylic acids is 1. The van der Waals surface area contributed by atoms with E-state index in [1.54, 1.807) is 12.1 Å². The first-order chi connectivity index (χ1) is 14.8. The Morgan fingerprint density at radius 3 is 2.68 bits per heavy atom. The lowest BCUT2D eigenvalue weighted by molar-refractivity contribution is -0.132. The molecule has 1 aliphatic rings. The normalized spacial score (nSPS) is 15.5. The fourth-order valence-electron chi connectivity index (χ4n) is 4.06. The van der Waals surface area contributed by atoms with Crippen molar-refractivity contribution in [1.82, 2.24) is 15.3 Å². The van der Waals surface area contributed by atoms with Crippen LogP contribution >= 0.6 is 11.6 Å². The van der Waals surface area contributed by atoms with E-state index in [2.05, 4.69) is 20.6 Å². The van der Waals surface area contributed by atoms with Gasteiger partial charge in [-0.05, 0) is 48.7 Å². The van der Waals surface area contributed by atoms with Crippen molar-refractivity contribution in [2.45, 2.75) is 45.6 Å². The number of nitrogens with one attached hydrogen (secondary N) is 3. The maximum Gasteiger partial charge on any atom is 0.335 e. The smallest absolute Gasteiger partial charge is 0.335 e. The molecule has 1 heterocycles. The van der Waals surface area contributed by atoms with Gasteiger partial charge < -0.3 is 20.7 Å². The summed E-state index contributed by atoms with van der Waals surface area (Å²) in [7, 11) is 0. The highest BCUT2D eigenvalue weighted by Gasteiger charge is 2.34. The average molecular weight is 441 g/mol. The highest BCUT2D eigenvalue weighted by molar-refractivity contribution is 6.33. The highest BCUT2D eigenvalue weighted by Crippen LogP contribution is 2.36. The zero-order valence-electron chi connectivity index (χ0n) is 17.3. The number of carboxylic acids is 1. The van der Waals surface area contributed by atoms with Crippen LogP contribution in [0.3, 0.4) is 0 Å². The molecule has 3 aromatic rings. The molecule has 1 fully saturated rings. The van der Waals surface area contributed by atoms with Crippen LogP contribution in [-0.4, -0.2) is 27.0 Å². The molecule has 8 heteroatoms. The number of amides is 1. The van der Waals surface area contributed by atoms with Crippen LogP contribution < -0.4 is 10.6 Å². The summed E-state index contributed by atoms with van der Waals surface area (Å²) in [6.07, 6.45) is 5.27. The molecular formula is C23H25ClN4O3. The number of H-pyrrole nitrogens is 1. The second-order valence-corrected chi connectivity index (χ2v) is 8.77. The first-order valence-electron chi connectivity index (χ1n) is 10.4. The molecule has 0 spiro atoms. The molecule has 4 rings (SSSR count). The molecule has 1 aromatic heterocycles. The second kappa shape index (κ2) is 8.59. The molecule has 1 aliphatic carbocycles. The molecule has 162 valence electrons. The number of halogens is 1. The summed E-state index contributed by atoms with van der Waals surface area (Å²) in [5.41, 5.74) is 2.72. The number of carbonyl (C=O) groups is 2. The first-order valence-corrected chi connectivity index (χ1v) is 10.8. The van der Waals surface area contributed by atoms with Gasteiger partial charge in [0, 0.05) is 12.0 Å². The van der Waals surface area contributed by atoms with Crippen LogP contribution in [0.4, 0.5) is 11.6 Å². The van der Waals surface area contributed by atoms with E-state index >= 15 is 0 Å². The van der Waals surface area contributed by atoms with Gasteiger partial charge in [0.1, 0.15) is 0 Å². The SMILES string of the molecule is CC1(C(=O)NCc2ccc(Cl)c(Nc3nc4cc(C(=O)O)ccc4[nH]3)c2)CCCCC1. The van der Waals surface area contributed by atoms with Crippen LogP contribution in [0.2, 0.25) is 5.02 Å². The van der Waals surface area contributed by atoms with E-state index in [9.17, 15) is 9.59 Å². The summed E-state index contributed by atoms with van der Waals surface area (Å²) >= 11 is 6.35. The largest absolute Gasteiger partial charge is 0.478 e. The number of aromatic amines is 1. The molecule has 1 saturated carbocycles. The number of benzene rings is 2. The van der Waals surface area contributed by atoms with Crippen molar-refractivity contribution in [2.24, 2.45) is 5.41 Å². The molecule has 0 saturated heterocycles. The molecule has 4 N–H and O–H groups in total. The Balaban J connectivity index is 1.47. The van der Waals surface area contributed by atoms with Crippen molar-refractivity contribution in [3.05, 3.63) is 52.5 Å². The minimum absolute atomic E-state index is 0.100. The first kappa shape index (κ1) is 21.2. The number of hydrogen-bond acceptors (Lipinski definition) is 4. The zero-order chi connectivity index (χ0) is 22.0. The Labute approximate surface area is 185 Å². The Kier molecular flexibility index (Phi) is 5.87. The molecule has 0 atom stereocenters. The third-order valence-corrected chi connectivity index (χ3v) is 6.30. The summed E-state index contributed by atoms with van der Waals surface area (Å²) in [5, 5.41) is 15.9. The van der Waals surface area contributed by atoms with Crippen molar-refractivity contribution in [2.75, 3.05) is 5.32 Å². The molecular weight excluding hydrogens is 416 g/mol. The number of anilines is 2. The third kappa shape index (κ3) is 4.66. The van der Waals surface area contributed by atoms with Crippen molar-refractivity contribution in [3.63, 3.8) is 0 Å². The fourth-order valence-corrected chi connectivity index (χ4v) is 4.22. The van der Waals surface area contributed by atoms with Crippen molar-refractivity contribution >= 4 is 46.1 Å². The number of aromatic nitrogens is 2. The van der Waals surface area contributed by atoms with Gasteiger partial charge in [-0.15, -0.1) is 0 Å². The molecule has 0 bridgehead atoms. The van der Waals surface area contributed by atoms with E-state index in [0.29, 0.717) is 34.2 Å². The van der Waals surface area contributed by atoms with Crippen molar-refractivity contribution < 1.29 is 14.7 Å². The van der Waals surface area contributed by atoms with Gasteiger partial charge in [0.2, 0.25) is 11.9 Å². The molecule has 0 aliphatic heterocycles. The lowest BCUT2D eigenvalue weighted by Gasteiger charge is -2.32. The average Bonchev–Trinajstić information content (AvgIpc) is 3.16. The van der Waals surface area contributed by atoms with Gasteiger partial charge in [-0.2, -0.15) is 0 Å². The summed E-state index contributed by atoms with van der Waals surface area (Å²) in [5.74, 6) is -0.446. The Morgan fingerprint density at radius 1 is 1.16 bits per heavy atom. The topological polar surface area (TPSA) is 107 Å². The summed E-state index contributed by atoms with van der Waals surface area (Å²) in [6.45, 7) is 2.47. The fraction of sp³-hybridized carbons (Fsp3) is 0.348. The highest BCUT2D eigenvalue weighted by atomic mass is 35.5. The van der Waals surface area contributed by atoms with E-state index in [1.165, 1.54) is 18.6 Å². The second-order valence-electron chi connectivity index (χ2n) is 8.37. The van der Waals surface area contributed by atoms with Crippen LogP contribution in [0.25, 0.3) is 11.0 Å². The van der Waals surface area contributed by atoms with E-state index in [4.69, 9.17) is 16.7 Å².